The third-order valence-electron chi connectivity index (χ3n) is 1.81. The van der Waals surface area contributed by atoms with Crippen LogP contribution < -0.4 is 4.31 Å². The quantitative estimate of drug-likeness (QED) is 0.692. The summed E-state index contributed by atoms with van der Waals surface area (Å²) in [7, 11) is -3.44. The molecule has 1 aliphatic rings. The highest BCUT2D eigenvalue weighted by Crippen LogP contribution is 2.35. The second-order valence-electron chi connectivity index (χ2n) is 2.85. The average Bonchev–Trinajstić information content (AvgIpc) is 2.41. The molecule has 6 heteroatoms. The minimum atomic E-state index is -3.44. The van der Waals surface area contributed by atoms with Crippen molar-refractivity contribution in [2.75, 3.05) is 10.6 Å². The molecule has 0 saturated heterocycles. The van der Waals surface area contributed by atoms with Crippen LogP contribution in [0.25, 0.3) is 0 Å². The van der Waals surface area contributed by atoms with Crippen LogP contribution in [0.5, 0.6) is 0 Å². The van der Waals surface area contributed by atoms with E-state index in [1.54, 1.807) is 11.4 Å². The van der Waals surface area contributed by atoms with Crippen molar-refractivity contribution in [1.82, 2.24) is 0 Å². The molecule has 1 aromatic heterocycles. The van der Waals surface area contributed by atoms with Gasteiger partial charge >= 0.3 is 0 Å². The number of carbonyl (C=O) groups is 1. The Hall–Kier alpha value is -0.880. The van der Waals surface area contributed by atoms with Crippen molar-refractivity contribution in [3.05, 3.63) is 17.0 Å². The highest BCUT2D eigenvalue weighted by Gasteiger charge is 2.34. The number of hydrogen-bond donors (Lipinski definition) is 0. The third kappa shape index (κ3) is 1.26. The van der Waals surface area contributed by atoms with E-state index >= 15 is 0 Å². The molecule has 1 aliphatic heterocycles. The van der Waals surface area contributed by atoms with E-state index in [9.17, 15) is 13.2 Å². The van der Waals surface area contributed by atoms with E-state index in [1.807, 2.05) is 0 Å². The fraction of sp³-hybridized carbons (Fsp3) is 0.286. The molecule has 0 saturated carbocycles. The largest absolute Gasteiger partial charge is 0.273 e. The molecule has 13 heavy (non-hydrogen) atoms. The molecule has 0 bridgehead atoms. The monoisotopic (exact) mass is 217 g/mol. The summed E-state index contributed by atoms with van der Waals surface area (Å²) in [5.74, 6) is -0.357. The molecule has 70 valence electrons. The van der Waals surface area contributed by atoms with Gasteiger partial charge in [-0.25, -0.2) is 8.42 Å². The van der Waals surface area contributed by atoms with Crippen molar-refractivity contribution in [1.29, 1.82) is 0 Å². The van der Waals surface area contributed by atoms with Crippen molar-refractivity contribution >= 4 is 32.3 Å². The molecule has 0 atom stereocenters. The van der Waals surface area contributed by atoms with Crippen molar-refractivity contribution in [2.45, 2.75) is 6.42 Å². The number of nitrogens with zero attached hydrogens (tertiary/aromatic N) is 1. The maximum Gasteiger partial charge on any atom is 0.245 e. The first-order valence-electron chi connectivity index (χ1n) is 3.59. The van der Waals surface area contributed by atoms with Crippen molar-refractivity contribution in [2.24, 2.45) is 0 Å². The molecule has 1 aromatic rings. The van der Waals surface area contributed by atoms with Crippen LogP contribution >= 0.6 is 11.3 Å². The molecule has 0 spiro atoms. The molecule has 1 amide bonds. The number of carbonyl (C=O) groups excluding carboxylic acids is 1. The molecule has 0 radical (unpaired) electrons. The SMILES string of the molecule is CS(=O)(=O)N1C(=O)Cc2ccsc21. The Bertz CT molecular complexity index is 460. The van der Waals surface area contributed by atoms with Gasteiger partial charge in [-0.1, -0.05) is 0 Å². The van der Waals surface area contributed by atoms with E-state index in [1.165, 1.54) is 11.3 Å². The molecular weight excluding hydrogens is 210 g/mol. The Morgan fingerprint density at radius 3 is 2.85 bits per heavy atom. The minimum absolute atomic E-state index is 0.200. The van der Waals surface area contributed by atoms with E-state index in [0.717, 1.165) is 16.1 Å². The molecule has 0 fully saturated rings. The lowest BCUT2D eigenvalue weighted by atomic mass is 10.3. The fourth-order valence-electron chi connectivity index (χ4n) is 1.32. The van der Waals surface area contributed by atoms with Crippen LogP contribution in [0.3, 0.4) is 0 Å². The number of anilines is 1. The van der Waals surface area contributed by atoms with Crippen molar-refractivity contribution in [3.63, 3.8) is 0 Å². The van der Waals surface area contributed by atoms with Crippen molar-refractivity contribution in [3.8, 4) is 0 Å². The Kier molecular flexibility index (Phi) is 1.71. The standard InChI is InChI=1S/C7H7NO3S2/c1-13(10,11)8-6(9)4-5-2-3-12-7(5)8/h2-3H,4H2,1H3. The molecule has 0 aliphatic carbocycles. The van der Waals surface area contributed by atoms with E-state index < -0.39 is 10.0 Å². The van der Waals surface area contributed by atoms with Gasteiger partial charge in [-0.05, 0) is 17.0 Å². The fourth-order valence-corrected chi connectivity index (χ4v) is 3.56. The van der Waals surface area contributed by atoms with Gasteiger partial charge in [-0.2, -0.15) is 4.31 Å². The summed E-state index contributed by atoms with van der Waals surface area (Å²) in [5.41, 5.74) is 0.806. The van der Waals surface area contributed by atoms with Gasteiger partial charge in [-0.15, -0.1) is 11.3 Å². The van der Waals surface area contributed by atoms with Crippen LogP contribution in [-0.4, -0.2) is 20.6 Å². The van der Waals surface area contributed by atoms with Gasteiger partial charge in [0.25, 0.3) is 0 Å². The lowest BCUT2D eigenvalue weighted by Crippen LogP contribution is -2.32. The summed E-state index contributed by atoms with van der Waals surface area (Å²) >= 11 is 1.28. The van der Waals surface area contributed by atoms with Gasteiger partial charge in [0.2, 0.25) is 15.9 Å². The zero-order valence-corrected chi connectivity index (χ0v) is 8.48. The summed E-state index contributed by atoms with van der Waals surface area (Å²) in [6, 6.07) is 1.78. The molecule has 2 heterocycles. The number of fused-ring (bicyclic) bond motifs is 1. The lowest BCUT2D eigenvalue weighted by Gasteiger charge is -2.11. The molecule has 0 aromatic carbocycles. The zero-order chi connectivity index (χ0) is 9.64. The van der Waals surface area contributed by atoms with Gasteiger partial charge < -0.3 is 0 Å². The van der Waals surface area contributed by atoms with Gasteiger partial charge in [0.15, 0.2) is 0 Å². The summed E-state index contributed by atoms with van der Waals surface area (Å²) < 4.78 is 23.3. The number of sulfonamides is 1. The predicted molar refractivity (Wildman–Crippen MR) is 50.4 cm³/mol. The lowest BCUT2D eigenvalue weighted by molar-refractivity contribution is -0.116. The Balaban J connectivity index is 2.58. The van der Waals surface area contributed by atoms with E-state index in [4.69, 9.17) is 0 Å². The Labute approximate surface area is 79.8 Å². The highest BCUT2D eigenvalue weighted by molar-refractivity contribution is 7.93. The first kappa shape index (κ1) is 8.71. The smallest absolute Gasteiger partial charge is 0.245 e. The van der Waals surface area contributed by atoms with Crippen LogP contribution in [-0.2, 0) is 21.2 Å². The maximum atomic E-state index is 11.3. The minimum Gasteiger partial charge on any atom is -0.273 e. The molecule has 2 rings (SSSR count). The number of thiophene rings is 1. The summed E-state index contributed by atoms with van der Waals surface area (Å²) in [4.78, 5) is 11.3. The zero-order valence-electron chi connectivity index (χ0n) is 6.85. The predicted octanol–water partition coefficient (Wildman–Crippen LogP) is 0.597. The van der Waals surface area contributed by atoms with E-state index in [-0.39, 0.29) is 12.3 Å². The van der Waals surface area contributed by atoms with Crippen LogP contribution in [0.1, 0.15) is 5.56 Å². The second-order valence-corrected chi connectivity index (χ2v) is 5.57. The Morgan fingerprint density at radius 1 is 1.54 bits per heavy atom. The number of hydrogen-bond acceptors (Lipinski definition) is 4. The molecule has 4 nitrogen and oxygen atoms in total. The molecule has 0 N–H and O–H groups in total. The van der Waals surface area contributed by atoms with Crippen LogP contribution in [0, 0.1) is 0 Å². The topological polar surface area (TPSA) is 54.5 Å². The Morgan fingerprint density at radius 2 is 2.23 bits per heavy atom. The van der Waals surface area contributed by atoms with E-state index in [0.29, 0.717) is 5.00 Å². The van der Waals surface area contributed by atoms with Crippen LogP contribution in [0.15, 0.2) is 11.4 Å². The molecular formula is C7H7NO3S2. The van der Waals surface area contributed by atoms with Crippen LogP contribution in [0.2, 0.25) is 0 Å². The first-order valence-corrected chi connectivity index (χ1v) is 6.32. The summed E-state index contributed by atoms with van der Waals surface area (Å²) in [5, 5.41) is 2.34. The maximum absolute atomic E-state index is 11.3. The average molecular weight is 217 g/mol. The highest BCUT2D eigenvalue weighted by atomic mass is 32.2. The van der Waals surface area contributed by atoms with Gasteiger partial charge in [0.1, 0.15) is 5.00 Å². The van der Waals surface area contributed by atoms with Gasteiger partial charge in [0.05, 0.1) is 12.7 Å². The summed E-state index contributed by atoms with van der Waals surface area (Å²) in [6.07, 6.45) is 1.24. The molecule has 0 unspecified atom stereocenters. The third-order valence-corrected chi connectivity index (χ3v) is 3.91. The first-order chi connectivity index (χ1) is 6.00. The van der Waals surface area contributed by atoms with Gasteiger partial charge in [-0.3, -0.25) is 4.79 Å². The van der Waals surface area contributed by atoms with E-state index in [2.05, 4.69) is 0 Å². The normalized spacial score (nSPS) is 16.4. The summed E-state index contributed by atoms with van der Waals surface area (Å²) in [6.45, 7) is 0. The van der Waals surface area contributed by atoms with Crippen molar-refractivity contribution < 1.29 is 13.2 Å². The van der Waals surface area contributed by atoms with Gasteiger partial charge in [0, 0.05) is 0 Å². The van der Waals surface area contributed by atoms with Crippen LogP contribution in [0.4, 0.5) is 5.00 Å². The second kappa shape index (κ2) is 2.55. The number of amides is 1. The number of rotatable bonds is 1.